The second-order valence-electron chi connectivity index (χ2n) is 0.759. The maximum absolute atomic E-state index is 9.44. The van der Waals surface area contributed by atoms with E-state index in [1.807, 2.05) is 5.92 Å². The van der Waals surface area contributed by atoms with Crippen LogP contribution >= 0.6 is 0 Å². The second-order valence-corrected chi connectivity index (χ2v) is 0.759. The standard InChI is InChI=1S/C4H4O3.C2H4/c1-2-3-7-4(5)6;1-2/h1H,3H2,(H,5,6);1-2H2. The van der Waals surface area contributed by atoms with Crippen LogP contribution in [0.4, 0.5) is 4.79 Å². The summed E-state index contributed by atoms with van der Waals surface area (Å²) >= 11 is 0. The van der Waals surface area contributed by atoms with Gasteiger partial charge in [-0.15, -0.1) is 19.6 Å². The number of rotatable bonds is 1. The van der Waals surface area contributed by atoms with Crippen molar-refractivity contribution in [2.24, 2.45) is 0 Å². The Morgan fingerprint density at radius 1 is 1.78 bits per heavy atom. The third kappa shape index (κ3) is 20.8. The molecule has 0 aliphatic carbocycles. The zero-order chi connectivity index (χ0) is 7.70. The molecular formula is C6H8O3. The summed E-state index contributed by atoms with van der Waals surface area (Å²) < 4.78 is 3.87. The first-order chi connectivity index (χ1) is 4.27. The Labute approximate surface area is 53.9 Å². The molecule has 0 rings (SSSR count). The molecule has 0 aromatic rings. The molecule has 0 amide bonds. The predicted octanol–water partition coefficient (Wildman–Crippen LogP) is 1.12. The van der Waals surface area contributed by atoms with Crippen LogP contribution in [0.2, 0.25) is 0 Å². The fraction of sp³-hybridized carbons (Fsp3) is 0.167. The molecule has 0 aromatic heterocycles. The normalized spacial score (nSPS) is 5.67. The average molecular weight is 128 g/mol. The summed E-state index contributed by atoms with van der Waals surface area (Å²) in [4.78, 5) is 9.44. The first-order valence-corrected chi connectivity index (χ1v) is 2.06. The van der Waals surface area contributed by atoms with Gasteiger partial charge in [-0.3, -0.25) is 0 Å². The maximum Gasteiger partial charge on any atom is 0.506 e. The Morgan fingerprint density at radius 3 is 2.33 bits per heavy atom. The van der Waals surface area contributed by atoms with E-state index in [1.165, 1.54) is 0 Å². The zero-order valence-electron chi connectivity index (χ0n) is 4.96. The van der Waals surface area contributed by atoms with Crippen LogP contribution in [0.1, 0.15) is 0 Å². The van der Waals surface area contributed by atoms with Crippen LogP contribution in [0.5, 0.6) is 0 Å². The molecular weight excluding hydrogens is 120 g/mol. The highest BCUT2D eigenvalue weighted by molar-refractivity contribution is 5.56. The lowest BCUT2D eigenvalue weighted by Gasteiger charge is -1.87. The average Bonchev–Trinajstić information content (AvgIpc) is 1.88. The highest BCUT2D eigenvalue weighted by atomic mass is 16.7. The summed E-state index contributed by atoms with van der Waals surface area (Å²) in [6, 6.07) is 0. The molecule has 3 heteroatoms. The van der Waals surface area contributed by atoms with Crippen molar-refractivity contribution in [3.8, 4) is 12.3 Å². The Balaban J connectivity index is 0. The van der Waals surface area contributed by atoms with E-state index in [2.05, 4.69) is 24.3 Å². The van der Waals surface area contributed by atoms with Crippen LogP contribution in [0, 0.1) is 12.3 Å². The largest absolute Gasteiger partial charge is 0.506 e. The maximum atomic E-state index is 9.44. The van der Waals surface area contributed by atoms with Gasteiger partial charge in [0.15, 0.2) is 6.61 Å². The fourth-order valence-corrected chi connectivity index (χ4v) is 0.103. The van der Waals surface area contributed by atoms with E-state index in [9.17, 15) is 4.79 Å². The van der Waals surface area contributed by atoms with Gasteiger partial charge in [0.2, 0.25) is 0 Å². The van der Waals surface area contributed by atoms with Gasteiger partial charge >= 0.3 is 6.16 Å². The minimum atomic E-state index is -1.34. The monoisotopic (exact) mass is 128 g/mol. The van der Waals surface area contributed by atoms with E-state index in [0.29, 0.717) is 0 Å². The molecule has 0 aliphatic heterocycles. The van der Waals surface area contributed by atoms with Gasteiger partial charge < -0.3 is 9.84 Å². The highest BCUT2D eigenvalue weighted by Gasteiger charge is 1.88. The van der Waals surface area contributed by atoms with Gasteiger partial charge in [0.25, 0.3) is 0 Å². The minimum absolute atomic E-state index is 0.171. The molecule has 0 spiro atoms. The summed E-state index contributed by atoms with van der Waals surface area (Å²) in [7, 11) is 0. The summed E-state index contributed by atoms with van der Waals surface area (Å²) in [6.45, 7) is 5.83. The number of hydrogen-bond donors (Lipinski definition) is 1. The third-order valence-corrected chi connectivity index (χ3v) is 0.279. The number of ether oxygens (including phenoxy) is 1. The molecule has 0 bridgehead atoms. The summed E-state index contributed by atoms with van der Waals surface area (Å²) in [5, 5.41) is 7.73. The molecule has 0 aromatic carbocycles. The Bertz CT molecular complexity index is 112. The van der Waals surface area contributed by atoms with Crippen LogP contribution in [0.25, 0.3) is 0 Å². The molecule has 1 N–H and O–H groups in total. The number of hydrogen-bond acceptors (Lipinski definition) is 2. The third-order valence-electron chi connectivity index (χ3n) is 0.279. The Morgan fingerprint density at radius 2 is 2.22 bits per heavy atom. The van der Waals surface area contributed by atoms with Gasteiger partial charge in [-0.25, -0.2) is 4.79 Å². The zero-order valence-corrected chi connectivity index (χ0v) is 4.96. The predicted molar refractivity (Wildman–Crippen MR) is 34.1 cm³/mol. The van der Waals surface area contributed by atoms with E-state index in [1.54, 1.807) is 0 Å². The summed E-state index contributed by atoms with van der Waals surface area (Å²) in [5.74, 6) is 2.00. The highest BCUT2D eigenvalue weighted by Crippen LogP contribution is 1.70. The molecule has 0 fully saturated rings. The first kappa shape index (κ1) is 10.5. The van der Waals surface area contributed by atoms with Gasteiger partial charge in [-0.2, -0.15) is 0 Å². The first-order valence-electron chi connectivity index (χ1n) is 2.06. The van der Waals surface area contributed by atoms with Crippen molar-refractivity contribution in [2.45, 2.75) is 0 Å². The quantitative estimate of drug-likeness (QED) is 0.327. The lowest BCUT2D eigenvalue weighted by Crippen LogP contribution is -1.98. The molecule has 0 radical (unpaired) electrons. The molecule has 0 saturated carbocycles. The smallest absolute Gasteiger partial charge is 0.450 e. The SMILES string of the molecule is C#CCOC(=O)O.C=C. The van der Waals surface area contributed by atoms with E-state index in [0.717, 1.165) is 0 Å². The van der Waals surface area contributed by atoms with Crippen LogP contribution < -0.4 is 0 Å². The van der Waals surface area contributed by atoms with Gasteiger partial charge in [0.1, 0.15) is 0 Å². The molecule has 0 atom stereocenters. The molecule has 0 unspecified atom stereocenters. The minimum Gasteiger partial charge on any atom is -0.450 e. The van der Waals surface area contributed by atoms with Crippen LogP contribution in [0.3, 0.4) is 0 Å². The molecule has 3 nitrogen and oxygen atoms in total. The van der Waals surface area contributed by atoms with Crippen LogP contribution in [-0.4, -0.2) is 17.9 Å². The van der Waals surface area contributed by atoms with E-state index in [-0.39, 0.29) is 6.61 Å². The van der Waals surface area contributed by atoms with Gasteiger partial charge in [0.05, 0.1) is 0 Å². The van der Waals surface area contributed by atoms with Crippen LogP contribution in [0.15, 0.2) is 13.2 Å². The number of carboxylic acid groups (broad SMARTS) is 1. The molecule has 50 valence electrons. The van der Waals surface area contributed by atoms with Crippen molar-refractivity contribution in [1.82, 2.24) is 0 Å². The van der Waals surface area contributed by atoms with Crippen molar-refractivity contribution in [3.63, 3.8) is 0 Å². The van der Waals surface area contributed by atoms with E-state index >= 15 is 0 Å². The van der Waals surface area contributed by atoms with Gasteiger partial charge in [0, 0.05) is 0 Å². The Hall–Kier alpha value is -1.43. The van der Waals surface area contributed by atoms with Crippen molar-refractivity contribution < 1.29 is 14.6 Å². The summed E-state index contributed by atoms with van der Waals surface area (Å²) in [6.07, 6.45) is 3.30. The van der Waals surface area contributed by atoms with E-state index < -0.39 is 6.16 Å². The Kier molecular flexibility index (Phi) is 11.4. The number of terminal acetylenes is 1. The fourth-order valence-electron chi connectivity index (χ4n) is 0.103. The van der Waals surface area contributed by atoms with Crippen molar-refractivity contribution in [1.29, 1.82) is 0 Å². The number of carbonyl (C=O) groups is 1. The molecule has 0 heterocycles. The lowest BCUT2D eigenvalue weighted by molar-refractivity contribution is 0.103. The second kappa shape index (κ2) is 9.76. The lowest BCUT2D eigenvalue weighted by atomic mass is 10.8. The molecule has 0 aliphatic rings. The van der Waals surface area contributed by atoms with Crippen LogP contribution in [-0.2, 0) is 4.74 Å². The van der Waals surface area contributed by atoms with E-state index in [4.69, 9.17) is 5.11 Å². The van der Waals surface area contributed by atoms with Crippen molar-refractivity contribution in [2.75, 3.05) is 6.61 Å². The molecule has 9 heavy (non-hydrogen) atoms. The molecule has 0 saturated heterocycles. The topological polar surface area (TPSA) is 46.5 Å². The van der Waals surface area contributed by atoms with Crippen molar-refractivity contribution in [3.05, 3.63) is 13.2 Å². The van der Waals surface area contributed by atoms with Gasteiger partial charge in [-0.05, 0) is 0 Å². The van der Waals surface area contributed by atoms with Crippen molar-refractivity contribution >= 4 is 6.16 Å². The summed E-state index contributed by atoms with van der Waals surface area (Å²) in [5.41, 5.74) is 0. The van der Waals surface area contributed by atoms with Gasteiger partial charge in [-0.1, -0.05) is 5.92 Å².